The van der Waals surface area contributed by atoms with Gasteiger partial charge in [0.25, 0.3) is 0 Å². The number of nitrogens with one attached hydrogen (secondary N) is 1. The van der Waals surface area contributed by atoms with E-state index in [2.05, 4.69) is 10.2 Å². The Morgan fingerprint density at radius 1 is 1.22 bits per heavy atom. The van der Waals surface area contributed by atoms with Crippen molar-refractivity contribution >= 4 is 5.78 Å². The summed E-state index contributed by atoms with van der Waals surface area (Å²) in [5, 5.41) is 3.37. The molecule has 0 amide bonds. The first-order chi connectivity index (χ1) is 8.68. The molecule has 1 aliphatic rings. The van der Waals surface area contributed by atoms with Crippen LogP contribution in [0.15, 0.2) is 24.3 Å². The Morgan fingerprint density at radius 2 is 1.94 bits per heavy atom. The van der Waals surface area contributed by atoms with Gasteiger partial charge in [0, 0.05) is 25.2 Å². The highest BCUT2D eigenvalue weighted by Gasteiger charge is 2.22. The van der Waals surface area contributed by atoms with Crippen molar-refractivity contribution in [3.8, 4) is 0 Å². The molecule has 0 bridgehead atoms. The number of hydrogen-bond acceptors (Lipinski definition) is 3. The zero-order valence-electron chi connectivity index (χ0n) is 11.3. The molecule has 1 N–H and O–H groups in total. The molecule has 1 aromatic rings. The highest BCUT2D eigenvalue weighted by atomic mass is 16.1. The molecule has 98 valence electrons. The molecule has 0 saturated carbocycles. The minimum absolute atomic E-state index is 0.0207. The lowest BCUT2D eigenvalue weighted by Gasteiger charge is -2.26. The molecule has 2 rings (SSSR count). The van der Waals surface area contributed by atoms with Crippen LogP contribution >= 0.6 is 0 Å². The predicted molar refractivity (Wildman–Crippen MR) is 74.0 cm³/mol. The Bertz CT molecular complexity index is 391. The molecule has 1 unspecified atom stereocenters. The topological polar surface area (TPSA) is 32.3 Å². The molecule has 0 aromatic heterocycles. The first-order valence-electron chi connectivity index (χ1n) is 6.74. The van der Waals surface area contributed by atoms with Gasteiger partial charge in [0.2, 0.25) is 0 Å². The standard InChI is InChI=1S/C15H22N2O/c1-12-4-6-14(7-5-12)15(18)13(2)17-10-3-8-16-9-11-17/h4-7,13,16H,3,8-11H2,1-2H3. The lowest BCUT2D eigenvalue weighted by molar-refractivity contribution is 0.0847. The first kappa shape index (κ1) is 13.2. The van der Waals surface area contributed by atoms with Gasteiger partial charge in [-0.25, -0.2) is 0 Å². The second-order valence-corrected chi connectivity index (χ2v) is 5.05. The summed E-state index contributed by atoms with van der Waals surface area (Å²) < 4.78 is 0. The lowest BCUT2D eigenvalue weighted by atomic mass is 10.0. The van der Waals surface area contributed by atoms with Crippen LogP contribution in [-0.4, -0.2) is 42.9 Å². The minimum Gasteiger partial charge on any atom is -0.315 e. The fourth-order valence-electron chi connectivity index (χ4n) is 2.38. The second kappa shape index (κ2) is 6.12. The number of carbonyl (C=O) groups excluding carboxylic acids is 1. The zero-order chi connectivity index (χ0) is 13.0. The van der Waals surface area contributed by atoms with Gasteiger partial charge in [0.05, 0.1) is 6.04 Å². The smallest absolute Gasteiger partial charge is 0.179 e. The molecule has 3 heteroatoms. The van der Waals surface area contributed by atoms with Crippen molar-refractivity contribution in [2.45, 2.75) is 26.3 Å². The molecule has 0 radical (unpaired) electrons. The van der Waals surface area contributed by atoms with Crippen LogP contribution in [-0.2, 0) is 0 Å². The van der Waals surface area contributed by atoms with Gasteiger partial charge in [0.15, 0.2) is 5.78 Å². The van der Waals surface area contributed by atoms with Crippen molar-refractivity contribution in [2.75, 3.05) is 26.2 Å². The molecule has 0 aliphatic carbocycles. The van der Waals surface area contributed by atoms with Crippen LogP contribution in [0.3, 0.4) is 0 Å². The number of Topliss-reactive ketones (excluding diaryl/α,β-unsaturated/α-hetero) is 1. The summed E-state index contributed by atoms with van der Waals surface area (Å²) in [4.78, 5) is 14.7. The Hall–Kier alpha value is -1.19. The Morgan fingerprint density at radius 3 is 2.67 bits per heavy atom. The van der Waals surface area contributed by atoms with Gasteiger partial charge in [-0.3, -0.25) is 9.69 Å². The van der Waals surface area contributed by atoms with Gasteiger partial charge >= 0.3 is 0 Å². The summed E-state index contributed by atoms with van der Waals surface area (Å²) in [5.74, 6) is 0.233. The van der Waals surface area contributed by atoms with E-state index in [1.54, 1.807) is 0 Å². The number of rotatable bonds is 3. The summed E-state index contributed by atoms with van der Waals surface area (Å²) in [6.07, 6.45) is 1.12. The maximum absolute atomic E-state index is 12.4. The third-order valence-corrected chi connectivity index (χ3v) is 3.64. The highest BCUT2D eigenvalue weighted by molar-refractivity contribution is 5.99. The Balaban J connectivity index is 2.05. The van der Waals surface area contributed by atoms with Gasteiger partial charge in [-0.05, 0) is 26.8 Å². The van der Waals surface area contributed by atoms with E-state index in [1.807, 2.05) is 38.1 Å². The van der Waals surface area contributed by atoms with Crippen LogP contribution in [0.5, 0.6) is 0 Å². The quantitative estimate of drug-likeness (QED) is 0.826. The number of nitrogens with zero attached hydrogens (tertiary/aromatic N) is 1. The molecule has 1 aliphatic heterocycles. The van der Waals surface area contributed by atoms with E-state index in [0.717, 1.165) is 38.2 Å². The maximum atomic E-state index is 12.4. The summed E-state index contributed by atoms with van der Waals surface area (Å²) in [6.45, 7) is 8.06. The fourth-order valence-corrected chi connectivity index (χ4v) is 2.38. The van der Waals surface area contributed by atoms with Crippen molar-refractivity contribution in [1.29, 1.82) is 0 Å². The van der Waals surface area contributed by atoms with Gasteiger partial charge < -0.3 is 5.32 Å². The van der Waals surface area contributed by atoms with Crippen molar-refractivity contribution < 1.29 is 4.79 Å². The monoisotopic (exact) mass is 246 g/mol. The lowest BCUT2D eigenvalue weighted by Crippen LogP contribution is -2.41. The average molecular weight is 246 g/mol. The van der Waals surface area contributed by atoms with Crippen molar-refractivity contribution in [2.24, 2.45) is 0 Å². The van der Waals surface area contributed by atoms with Crippen molar-refractivity contribution in [3.05, 3.63) is 35.4 Å². The first-order valence-corrected chi connectivity index (χ1v) is 6.74. The fraction of sp³-hybridized carbons (Fsp3) is 0.533. The predicted octanol–water partition coefficient (Wildman–Crippen LogP) is 1.86. The third kappa shape index (κ3) is 3.18. The largest absolute Gasteiger partial charge is 0.315 e. The van der Waals surface area contributed by atoms with Crippen molar-refractivity contribution in [1.82, 2.24) is 10.2 Å². The van der Waals surface area contributed by atoms with E-state index < -0.39 is 0 Å². The van der Waals surface area contributed by atoms with E-state index in [4.69, 9.17) is 0 Å². The molecule has 18 heavy (non-hydrogen) atoms. The van der Waals surface area contributed by atoms with E-state index in [1.165, 1.54) is 5.56 Å². The number of ketones is 1. The van der Waals surface area contributed by atoms with Gasteiger partial charge in [0.1, 0.15) is 0 Å². The van der Waals surface area contributed by atoms with Crippen LogP contribution in [0.1, 0.15) is 29.3 Å². The molecular weight excluding hydrogens is 224 g/mol. The normalized spacial score (nSPS) is 19.2. The van der Waals surface area contributed by atoms with E-state index in [9.17, 15) is 4.79 Å². The van der Waals surface area contributed by atoms with Crippen LogP contribution in [0.4, 0.5) is 0 Å². The van der Waals surface area contributed by atoms with E-state index >= 15 is 0 Å². The van der Waals surface area contributed by atoms with Gasteiger partial charge in [-0.2, -0.15) is 0 Å². The van der Waals surface area contributed by atoms with Gasteiger partial charge in [-0.15, -0.1) is 0 Å². The number of aryl methyl sites for hydroxylation is 1. The van der Waals surface area contributed by atoms with Crippen LogP contribution in [0, 0.1) is 6.92 Å². The number of hydrogen-bond donors (Lipinski definition) is 1. The number of benzene rings is 1. The molecule has 1 heterocycles. The van der Waals surface area contributed by atoms with Gasteiger partial charge in [-0.1, -0.05) is 29.8 Å². The molecule has 1 saturated heterocycles. The molecule has 0 spiro atoms. The molecular formula is C15H22N2O. The Kier molecular flexibility index (Phi) is 4.50. The summed E-state index contributed by atoms with van der Waals surface area (Å²) in [7, 11) is 0. The highest BCUT2D eigenvalue weighted by Crippen LogP contribution is 2.11. The zero-order valence-corrected chi connectivity index (χ0v) is 11.3. The summed E-state index contributed by atoms with van der Waals surface area (Å²) in [5.41, 5.74) is 2.02. The van der Waals surface area contributed by atoms with Crippen LogP contribution in [0.25, 0.3) is 0 Å². The molecule has 1 atom stereocenters. The summed E-state index contributed by atoms with van der Waals surface area (Å²) >= 11 is 0. The Labute approximate surface area is 109 Å². The maximum Gasteiger partial charge on any atom is 0.179 e. The van der Waals surface area contributed by atoms with E-state index in [-0.39, 0.29) is 11.8 Å². The molecule has 1 fully saturated rings. The summed E-state index contributed by atoms with van der Waals surface area (Å²) in [6, 6.07) is 7.86. The van der Waals surface area contributed by atoms with E-state index in [0.29, 0.717) is 0 Å². The van der Waals surface area contributed by atoms with Crippen LogP contribution in [0.2, 0.25) is 0 Å². The second-order valence-electron chi connectivity index (χ2n) is 5.05. The third-order valence-electron chi connectivity index (χ3n) is 3.64. The average Bonchev–Trinajstić information content (AvgIpc) is 2.67. The molecule has 1 aromatic carbocycles. The minimum atomic E-state index is -0.0207. The number of carbonyl (C=O) groups is 1. The van der Waals surface area contributed by atoms with Crippen LogP contribution < -0.4 is 5.32 Å². The SMILES string of the molecule is Cc1ccc(C(=O)C(C)N2CCCNCC2)cc1. The van der Waals surface area contributed by atoms with Crippen molar-refractivity contribution in [3.63, 3.8) is 0 Å². The molecule has 3 nitrogen and oxygen atoms in total.